The molecule has 5 aromatic rings. The minimum Gasteiger partial charge on any atom is -0.322 e. The van der Waals surface area contributed by atoms with Crippen molar-refractivity contribution in [1.29, 1.82) is 0 Å². The molecule has 2 aromatic carbocycles. The maximum absolute atomic E-state index is 13.7. The van der Waals surface area contributed by atoms with E-state index in [4.69, 9.17) is 0 Å². The van der Waals surface area contributed by atoms with Crippen molar-refractivity contribution < 1.29 is 0 Å². The van der Waals surface area contributed by atoms with Crippen molar-refractivity contribution in [2.75, 3.05) is 0 Å². The number of hydrogen-bond donors (Lipinski definition) is 1. The second-order valence-electron chi connectivity index (χ2n) is 9.94. The summed E-state index contributed by atoms with van der Waals surface area (Å²) in [7, 11) is 0. The molecule has 1 N–H and O–H groups in total. The molecule has 3 heterocycles. The third-order valence-corrected chi connectivity index (χ3v) is 8.15. The number of hydrogen-bond acceptors (Lipinski definition) is 6. The second kappa shape index (κ2) is 10.4. The quantitative estimate of drug-likeness (QED) is 0.286. The van der Waals surface area contributed by atoms with Gasteiger partial charge < -0.3 is 4.98 Å². The molecule has 1 aliphatic rings. The van der Waals surface area contributed by atoms with Crippen molar-refractivity contribution in [2.24, 2.45) is 0 Å². The molecule has 1 saturated carbocycles. The average Bonchev–Trinajstić information content (AvgIpc) is 3.69. The Kier molecular flexibility index (Phi) is 6.68. The lowest BCUT2D eigenvalue weighted by molar-refractivity contribution is 0.192. The van der Waals surface area contributed by atoms with E-state index in [-0.39, 0.29) is 11.6 Å². The molecular formula is C29H30N6OS. The minimum absolute atomic E-state index is 0.105. The molecule has 1 fully saturated rings. The molecule has 1 aliphatic carbocycles. The lowest BCUT2D eigenvalue weighted by Crippen LogP contribution is -2.35. The summed E-state index contributed by atoms with van der Waals surface area (Å²) in [6.07, 6.45) is 4.46. The van der Waals surface area contributed by atoms with Gasteiger partial charge in [0, 0.05) is 29.0 Å². The fraction of sp³-hybridized carbons (Fsp3) is 0.310. The third kappa shape index (κ3) is 4.99. The van der Waals surface area contributed by atoms with E-state index in [0.717, 1.165) is 35.1 Å². The van der Waals surface area contributed by atoms with Gasteiger partial charge in [-0.05, 0) is 70.8 Å². The van der Waals surface area contributed by atoms with Crippen molar-refractivity contribution in [3.63, 3.8) is 0 Å². The zero-order chi connectivity index (χ0) is 25.2. The summed E-state index contributed by atoms with van der Waals surface area (Å²) in [6.45, 7) is 3.41. The van der Waals surface area contributed by atoms with Crippen molar-refractivity contribution in [3.8, 4) is 0 Å². The van der Waals surface area contributed by atoms with Crippen LogP contribution in [0.25, 0.3) is 10.9 Å². The highest BCUT2D eigenvalue weighted by molar-refractivity contribution is 7.09. The molecule has 0 radical (unpaired) electrons. The fourth-order valence-electron chi connectivity index (χ4n) is 5.49. The Labute approximate surface area is 219 Å². The number of benzene rings is 2. The van der Waals surface area contributed by atoms with Crippen LogP contribution in [0.1, 0.15) is 65.2 Å². The molecule has 188 valence electrons. The number of pyridine rings is 1. The molecule has 0 spiro atoms. The summed E-state index contributed by atoms with van der Waals surface area (Å²) in [6, 6.07) is 22.6. The molecule has 0 bridgehead atoms. The predicted octanol–water partition coefficient (Wildman–Crippen LogP) is 5.79. The Hall–Kier alpha value is -3.62. The van der Waals surface area contributed by atoms with Gasteiger partial charge in [0.05, 0.1) is 6.04 Å². The number of rotatable bonds is 8. The Morgan fingerprint density at radius 3 is 2.68 bits per heavy atom. The molecule has 8 heteroatoms. The van der Waals surface area contributed by atoms with Gasteiger partial charge in [-0.2, -0.15) is 0 Å². The number of aromatic amines is 1. The summed E-state index contributed by atoms with van der Waals surface area (Å²) in [5, 5.41) is 16.3. The smallest absolute Gasteiger partial charge is 0.253 e. The van der Waals surface area contributed by atoms with Crippen LogP contribution in [0.15, 0.2) is 76.9 Å². The van der Waals surface area contributed by atoms with Gasteiger partial charge in [0.25, 0.3) is 5.56 Å². The molecule has 6 rings (SSSR count). The fourth-order valence-corrected chi connectivity index (χ4v) is 6.22. The van der Waals surface area contributed by atoms with Gasteiger partial charge in [-0.3, -0.25) is 9.69 Å². The molecule has 1 atom stereocenters. The largest absolute Gasteiger partial charge is 0.322 e. The Balaban J connectivity index is 1.54. The van der Waals surface area contributed by atoms with Crippen LogP contribution in [-0.2, 0) is 13.1 Å². The van der Waals surface area contributed by atoms with Crippen molar-refractivity contribution in [1.82, 2.24) is 30.1 Å². The maximum atomic E-state index is 13.7. The van der Waals surface area contributed by atoms with Crippen LogP contribution >= 0.6 is 11.3 Å². The first-order valence-corrected chi connectivity index (χ1v) is 13.8. The number of tetrazole rings is 1. The van der Waals surface area contributed by atoms with Crippen LogP contribution in [0.4, 0.5) is 0 Å². The Bertz CT molecular complexity index is 1540. The highest BCUT2D eigenvalue weighted by Crippen LogP contribution is 2.35. The van der Waals surface area contributed by atoms with Crippen molar-refractivity contribution >= 4 is 22.2 Å². The van der Waals surface area contributed by atoms with Crippen molar-refractivity contribution in [2.45, 2.75) is 57.8 Å². The highest BCUT2D eigenvalue weighted by atomic mass is 32.1. The molecule has 0 saturated heterocycles. The highest BCUT2D eigenvalue weighted by Gasteiger charge is 2.33. The van der Waals surface area contributed by atoms with Gasteiger partial charge in [0.2, 0.25) is 0 Å². The number of aromatic nitrogens is 5. The van der Waals surface area contributed by atoms with Gasteiger partial charge in [-0.15, -0.1) is 16.4 Å². The molecule has 7 nitrogen and oxygen atoms in total. The molecular weight excluding hydrogens is 480 g/mol. The van der Waals surface area contributed by atoms with Gasteiger partial charge in [-0.25, -0.2) is 4.68 Å². The number of aryl methyl sites for hydroxylation is 1. The van der Waals surface area contributed by atoms with E-state index >= 15 is 0 Å². The number of nitrogens with zero attached hydrogens (tertiary/aromatic N) is 5. The van der Waals surface area contributed by atoms with Gasteiger partial charge in [-0.1, -0.05) is 60.9 Å². The normalized spacial score (nSPS) is 15.1. The van der Waals surface area contributed by atoms with E-state index in [1.165, 1.54) is 23.3 Å². The first-order valence-electron chi connectivity index (χ1n) is 12.9. The van der Waals surface area contributed by atoms with Crippen molar-refractivity contribution in [3.05, 3.63) is 110 Å². The van der Waals surface area contributed by atoms with Crippen LogP contribution in [0.3, 0.4) is 0 Å². The summed E-state index contributed by atoms with van der Waals surface area (Å²) in [4.78, 5) is 20.4. The summed E-state index contributed by atoms with van der Waals surface area (Å²) in [5.74, 6) is 0.733. The number of nitrogens with one attached hydrogen (secondary N) is 1. The topological polar surface area (TPSA) is 79.7 Å². The summed E-state index contributed by atoms with van der Waals surface area (Å²) >= 11 is 1.72. The summed E-state index contributed by atoms with van der Waals surface area (Å²) in [5.41, 5.74) is 3.72. The molecule has 0 aliphatic heterocycles. The van der Waals surface area contributed by atoms with E-state index in [1.807, 2.05) is 28.9 Å². The van der Waals surface area contributed by atoms with Gasteiger partial charge in [0.15, 0.2) is 5.82 Å². The minimum atomic E-state index is -0.411. The lowest BCUT2D eigenvalue weighted by Gasteiger charge is -2.31. The number of thiophene rings is 1. The van der Waals surface area contributed by atoms with Crippen LogP contribution in [0.5, 0.6) is 0 Å². The van der Waals surface area contributed by atoms with Crippen LogP contribution < -0.4 is 5.56 Å². The molecule has 0 amide bonds. The van der Waals surface area contributed by atoms with Crippen LogP contribution in [0, 0.1) is 6.92 Å². The summed E-state index contributed by atoms with van der Waals surface area (Å²) < 4.78 is 1.99. The predicted molar refractivity (Wildman–Crippen MR) is 146 cm³/mol. The number of fused-ring (bicyclic) bond motifs is 1. The van der Waals surface area contributed by atoms with Crippen LogP contribution in [-0.4, -0.2) is 30.1 Å². The zero-order valence-electron chi connectivity index (χ0n) is 20.9. The first-order chi connectivity index (χ1) is 18.2. The zero-order valence-corrected chi connectivity index (χ0v) is 21.7. The lowest BCUT2D eigenvalue weighted by atomic mass is 10.0. The standard InChI is InChI=1S/C29H30N6OS/c1-20-13-14-26-22(16-20)17-25(29(36)30-26)27(28-31-32-33-35(28)23-10-5-6-11-23)34(19-24-12-7-15-37-24)18-21-8-3-2-4-9-21/h2-4,7-9,12-17,23,27H,5-6,10-11,18-19H2,1H3,(H,30,36). The van der Waals surface area contributed by atoms with E-state index in [9.17, 15) is 4.79 Å². The Morgan fingerprint density at radius 1 is 1.05 bits per heavy atom. The van der Waals surface area contributed by atoms with E-state index in [1.54, 1.807) is 11.3 Å². The van der Waals surface area contributed by atoms with Gasteiger partial charge >= 0.3 is 0 Å². The first kappa shape index (κ1) is 23.8. The number of H-pyrrole nitrogens is 1. The van der Waals surface area contributed by atoms with E-state index < -0.39 is 6.04 Å². The second-order valence-corrected chi connectivity index (χ2v) is 11.0. The van der Waals surface area contributed by atoms with Gasteiger partial charge in [0.1, 0.15) is 6.04 Å². The Morgan fingerprint density at radius 2 is 1.89 bits per heavy atom. The average molecular weight is 511 g/mol. The van der Waals surface area contributed by atoms with E-state index in [2.05, 4.69) is 80.2 Å². The maximum Gasteiger partial charge on any atom is 0.253 e. The van der Waals surface area contributed by atoms with E-state index in [0.29, 0.717) is 18.7 Å². The monoisotopic (exact) mass is 510 g/mol. The molecule has 37 heavy (non-hydrogen) atoms. The SMILES string of the molecule is Cc1ccc2[nH]c(=O)c(C(c3nnnn3C3CCCC3)N(Cc3ccccc3)Cc3cccs3)cc2c1. The van der Waals surface area contributed by atoms with Crippen LogP contribution in [0.2, 0.25) is 0 Å². The molecule has 3 aromatic heterocycles. The third-order valence-electron chi connectivity index (χ3n) is 7.29. The molecule has 1 unspecified atom stereocenters.